The van der Waals surface area contributed by atoms with Crippen LogP contribution in [0.15, 0.2) is 42.9 Å². The highest BCUT2D eigenvalue weighted by atomic mass is 16.5. The van der Waals surface area contributed by atoms with E-state index < -0.39 is 0 Å². The summed E-state index contributed by atoms with van der Waals surface area (Å²) in [5, 5.41) is 3.10. The lowest BCUT2D eigenvalue weighted by Crippen LogP contribution is -2.44. The second kappa shape index (κ2) is 8.01. The number of hydrogen-bond donors (Lipinski definition) is 1. The van der Waals surface area contributed by atoms with E-state index in [1.165, 1.54) is 5.69 Å². The van der Waals surface area contributed by atoms with E-state index in [0.717, 1.165) is 51.3 Å². The molecule has 138 valence electrons. The quantitative estimate of drug-likeness (QED) is 0.910. The zero-order chi connectivity index (χ0) is 17.8. The van der Waals surface area contributed by atoms with E-state index in [9.17, 15) is 4.79 Å². The average Bonchev–Trinajstić information content (AvgIpc) is 3.04. The fourth-order valence-corrected chi connectivity index (χ4v) is 3.95. The summed E-state index contributed by atoms with van der Waals surface area (Å²) in [5.74, 6) is 0.0654. The Morgan fingerprint density at radius 1 is 1.23 bits per heavy atom. The molecule has 2 aromatic rings. The number of nitrogens with one attached hydrogen (secondary N) is 1. The molecular formula is C20H26N4O2. The maximum absolute atomic E-state index is 12.9. The second-order valence-corrected chi connectivity index (χ2v) is 7.20. The summed E-state index contributed by atoms with van der Waals surface area (Å²) in [4.78, 5) is 19.5. The van der Waals surface area contributed by atoms with E-state index in [2.05, 4.69) is 38.1 Å². The van der Waals surface area contributed by atoms with Gasteiger partial charge in [-0.1, -0.05) is 6.07 Å². The molecule has 4 heterocycles. The molecule has 2 aromatic heterocycles. The molecule has 0 aromatic carbocycles. The van der Waals surface area contributed by atoms with Crippen LogP contribution in [0.4, 0.5) is 0 Å². The molecular weight excluding hydrogens is 328 g/mol. The molecule has 0 aliphatic carbocycles. The Morgan fingerprint density at radius 3 is 2.92 bits per heavy atom. The van der Waals surface area contributed by atoms with Gasteiger partial charge in [-0.25, -0.2) is 0 Å². The van der Waals surface area contributed by atoms with Gasteiger partial charge in [0.15, 0.2) is 0 Å². The largest absolute Gasteiger partial charge is 0.381 e. The highest BCUT2D eigenvalue weighted by Crippen LogP contribution is 2.23. The summed E-state index contributed by atoms with van der Waals surface area (Å²) >= 11 is 0. The number of ether oxygens (including phenoxy) is 1. The van der Waals surface area contributed by atoms with E-state index in [-0.39, 0.29) is 11.8 Å². The summed E-state index contributed by atoms with van der Waals surface area (Å²) in [7, 11) is 0. The summed E-state index contributed by atoms with van der Waals surface area (Å²) in [5.41, 5.74) is 2.32. The van der Waals surface area contributed by atoms with E-state index >= 15 is 0 Å². The average molecular weight is 354 g/mol. The van der Waals surface area contributed by atoms with Crippen molar-refractivity contribution in [1.82, 2.24) is 19.8 Å². The first-order chi connectivity index (χ1) is 12.8. The number of fused-ring (bicyclic) bond motifs is 1. The van der Waals surface area contributed by atoms with Crippen molar-refractivity contribution >= 4 is 5.91 Å². The number of nitrogens with zero attached hydrogens (tertiary/aromatic N) is 3. The maximum atomic E-state index is 12.9. The first-order valence-electron chi connectivity index (χ1n) is 9.42. The zero-order valence-corrected chi connectivity index (χ0v) is 15.0. The highest BCUT2D eigenvalue weighted by Gasteiger charge is 2.31. The van der Waals surface area contributed by atoms with E-state index in [1.807, 2.05) is 12.1 Å². The molecule has 4 rings (SSSR count). The van der Waals surface area contributed by atoms with Gasteiger partial charge in [-0.3, -0.25) is 14.7 Å². The highest BCUT2D eigenvalue weighted by molar-refractivity contribution is 5.78. The van der Waals surface area contributed by atoms with Crippen molar-refractivity contribution in [3.63, 3.8) is 0 Å². The number of carbonyl (C=O) groups excluding carboxylic acids is 1. The molecule has 6 nitrogen and oxygen atoms in total. The maximum Gasteiger partial charge on any atom is 0.226 e. The van der Waals surface area contributed by atoms with Gasteiger partial charge in [0.1, 0.15) is 0 Å². The minimum Gasteiger partial charge on any atom is -0.381 e. The fraction of sp³-hybridized carbons (Fsp3) is 0.500. The lowest BCUT2D eigenvalue weighted by atomic mass is 10.0. The molecule has 0 saturated carbocycles. The van der Waals surface area contributed by atoms with Gasteiger partial charge < -0.3 is 14.6 Å². The third kappa shape index (κ3) is 3.97. The van der Waals surface area contributed by atoms with Crippen molar-refractivity contribution in [2.45, 2.75) is 38.5 Å². The first kappa shape index (κ1) is 17.2. The third-order valence-corrected chi connectivity index (χ3v) is 5.43. The number of aromatic nitrogens is 2. The number of carbonyl (C=O) groups is 1. The molecule has 1 N–H and O–H groups in total. The number of pyridine rings is 1. The molecule has 0 radical (unpaired) electrons. The van der Waals surface area contributed by atoms with Crippen LogP contribution >= 0.6 is 0 Å². The van der Waals surface area contributed by atoms with Gasteiger partial charge in [-0.15, -0.1) is 0 Å². The van der Waals surface area contributed by atoms with Crippen molar-refractivity contribution in [3.8, 4) is 0 Å². The van der Waals surface area contributed by atoms with Crippen LogP contribution in [0.25, 0.3) is 0 Å². The Balaban J connectivity index is 1.46. The Labute approximate surface area is 154 Å². The lowest BCUT2D eigenvalue weighted by molar-refractivity contribution is -0.126. The van der Waals surface area contributed by atoms with Crippen molar-refractivity contribution in [3.05, 3.63) is 54.1 Å². The molecule has 1 fully saturated rings. The van der Waals surface area contributed by atoms with Gasteiger partial charge in [-0.2, -0.15) is 0 Å². The second-order valence-electron chi connectivity index (χ2n) is 7.20. The van der Waals surface area contributed by atoms with Gasteiger partial charge in [0.05, 0.1) is 5.92 Å². The zero-order valence-electron chi connectivity index (χ0n) is 15.0. The number of hydrogen-bond acceptors (Lipinski definition) is 4. The molecule has 26 heavy (non-hydrogen) atoms. The van der Waals surface area contributed by atoms with Gasteiger partial charge in [-0.05, 0) is 36.6 Å². The standard InChI is InChI=1S/C20H26N4O2/c25-20(22-12-16-3-1-7-21-11-16)17-13-23-8-2-4-19(23)15-24(14-17)18-5-9-26-10-6-18/h1-4,7-8,11,17-18H,5-6,9-10,12-15H2,(H,22,25). The van der Waals surface area contributed by atoms with Crippen LogP contribution < -0.4 is 5.32 Å². The van der Waals surface area contributed by atoms with Gasteiger partial charge >= 0.3 is 0 Å². The van der Waals surface area contributed by atoms with Crippen LogP contribution in [0.1, 0.15) is 24.1 Å². The van der Waals surface area contributed by atoms with Crippen molar-refractivity contribution in [2.24, 2.45) is 5.92 Å². The molecule has 0 spiro atoms. The third-order valence-electron chi connectivity index (χ3n) is 5.43. The van der Waals surface area contributed by atoms with Gasteiger partial charge in [0, 0.05) is 69.7 Å². The predicted octanol–water partition coefficient (Wildman–Crippen LogP) is 1.81. The Bertz CT molecular complexity index is 724. The minimum absolute atomic E-state index is 0.0526. The first-order valence-corrected chi connectivity index (χ1v) is 9.42. The fourth-order valence-electron chi connectivity index (χ4n) is 3.95. The smallest absolute Gasteiger partial charge is 0.226 e. The van der Waals surface area contributed by atoms with E-state index in [0.29, 0.717) is 12.6 Å². The summed E-state index contributed by atoms with van der Waals surface area (Å²) in [6.07, 6.45) is 7.72. The van der Waals surface area contributed by atoms with Crippen molar-refractivity contribution in [2.75, 3.05) is 19.8 Å². The topological polar surface area (TPSA) is 59.4 Å². The Hall–Kier alpha value is -2.18. The summed E-state index contributed by atoms with van der Waals surface area (Å²) in [6.45, 7) is 4.61. The lowest BCUT2D eigenvalue weighted by Gasteiger charge is -2.34. The minimum atomic E-state index is -0.0526. The molecule has 1 amide bonds. The molecule has 1 unspecified atom stereocenters. The van der Waals surface area contributed by atoms with Gasteiger partial charge in [0.2, 0.25) is 5.91 Å². The number of amides is 1. The monoisotopic (exact) mass is 354 g/mol. The van der Waals surface area contributed by atoms with Crippen molar-refractivity contribution in [1.29, 1.82) is 0 Å². The van der Waals surface area contributed by atoms with Crippen LogP contribution in [0.2, 0.25) is 0 Å². The molecule has 2 aliphatic rings. The predicted molar refractivity (Wildman–Crippen MR) is 98.3 cm³/mol. The van der Waals surface area contributed by atoms with Crippen LogP contribution in [-0.2, 0) is 29.2 Å². The van der Waals surface area contributed by atoms with Crippen molar-refractivity contribution < 1.29 is 9.53 Å². The van der Waals surface area contributed by atoms with Gasteiger partial charge in [0.25, 0.3) is 0 Å². The van der Waals surface area contributed by atoms with E-state index in [1.54, 1.807) is 12.4 Å². The molecule has 0 bridgehead atoms. The van der Waals surface area contributed by atoms with Crippen LogP contribution in [0, 0.1) is 5.92 Å². The normalized spacial score (nSPS) is 21.8. The molecule has 2 aliphatic heterocycles. The SMILES string of the molecule is O=C(NCc1cccnc1)C1CN(C2CCOCC2)Cc2cccn2C1. The molecule has 6 heteroatoms. The Kier molecular flexibility index (Phi) is 5.32. The Morgan fingerprint density at radius 2 is 2.12 bits per heavy atom. The molecule has 1 atom stereocenters. The summed E-state index contributed by atoms with van der Waals surface area (Å²) in [6, 6.07) is 8.62. The number of rotatable bonds is 4. The van der Waals surface area contributed by atoms with Crippen LogP contribution in [0.5, 0.6) is 0 Å². The van der Waals surface area contributed by atoms with E-state index in [4.69, 9.17) is 4.74 Å². The van der Waals surface area contributed by atoms with Crippen LogP contribution in [0.3, 0.4) is 0 Å². The summed E-state index contributed by atoms with van der Waals surface area (Å²) < 4.78 is 7.75. The molecule has 1 saturated heterocycles. The van der Waals surface area contributed by atoms with Crippen LogP contribution in [-0.4, -0.2) is 46.2 Å².